The Hall–Kier alpha value is -0.970. The van der Waals surface area contributed by atoms with Gasteiger partial charge in [0.15, 0.2) is 0 Å². The van der Waals surface area contributed by atoms with Crippen molar-refractivity contribution in [3.8, 4) is 0 Å². The fraction of sp³-hybridized carbons (Fsp3) is 0.812. The van der Waals surface area contributed by atoms with Crippen LogP contribution < -0.4 is 21.3 Å². The number of amides is 3. The molecule has 3 heterocycles. The van der Waals surface area contributed by atoms with E-state index in [1.807, 2.05) is 6.92 Å². The summed E-state index contributed by atoms with van der Waals surface area (Å²) in [5.74, 6) is -0.949. The summed E-state index contributed by atoms with van der Waals surface area (Å²) in [5, 5.41) is 11.9. The predicted molar refractivity (Wildman–Crippen MR) is 102 cm³/mol. The van der Waals surface area contributed by atoms with Gasteiger partial charge in [-0.15, -0.1) is 23.5 Å². The van der Waals surface area contributed by atoms with Crippen LogP contribution in [0.15, 0.2) is 0 Å². The van der Waals surface area contributed by atoms with Gasteiger partial charge in [0, 0.05) is 10.5 Å². The van der Waals surface area contributed by atoms with Crippen LogP contribution in [0.4, 0.5) is 4.79 Å². The number of ether oxygens (including phenoxy) is 1. The van der Waals surface area contributed by atoms with Crippen molar-refractivity contribution in [2.75, 3.05) is 13.2 Å². The van der Waals surface area contributed by atoms with Crippen molar-refractivity contribution < 1.29 is 19.1 Å². The molecule has 3 amide bonds. The van der Waals surface area contributed by atoms with Crippen molar-refractivity contribution in [1.29, 1.82) is 0 Å². The number of hydrogen-bond acceptors (Lipinski definition) is 8. The van der Waals surface area contributed by atoms with E-state index in [2.05, 4.69) is 21.3 Å². The molecule has 0 aromatic carbocycles. The molecule has 0 aromatic rings. The van der Waals surface area contributed by atoms with Crippen LogP contribution in [0.5, 0.6) is 0 Å². The van der Waals surface area contributed by atoms with Gasteiger partial charge in [-0.25, -0.2) is 4.79 Å². The zero-order valence-corrected chi connectivity index (χ0v) is 16.6. The lowest BCUT2D eigenvalue weighted by atomic mass is 10.0. The van der Waals surface area contributed by atoms with E-state index in [4.69, 9.17) is 4.74 Å². The van der Waals surface area contributed by atoms with Gasteiger partial charge in [0.2, 0.25) is 11.8 Å². The van der Waals surface area contributed by atoms with E-state index < -0.39 is 17.9 Å². The molecule has 10 heteroatoms. The van der Waals surface area contributed by atoms with Gasteiger partial charge in [0.25, 0.3) is 0 Å². The van der Waals surface area contributed by atoms with Crippen LogP contribution >= 0.6 is 23.5 Å². The normalized spacial score (nSPS) is 36.2. The molecule has 0 radical (unpaired) electrons. The second kappa shape index (κ2) is 8.81. The second-order valence-electron chi connectivity index (χ2n) is 6.72. The van der Waals surface area contributed by atoms with Gasteiger partial charge < -0.3 is 15.4 Å². The van der Waals surface area contributed by atoms with Crippen molar-refractivity contribution in [2.24, 2.45) is 5.92 Å². The lowest BCUT2D eigenvalue weighted by Crippen LogP contribution is -2.52. The second-order valence-corrected chi connectivity index (χ2v) is 9.66. The third-order valence-electron chi connectivity index (χ3n) is 4.73. The van der Waals surface area contributed by atoms with E-state index in [1.165, 1.54) is 0 Å². The van der Waals surface area contributed by atoms with Gasteiger partial charge in [-0.1, -0.05) is 6.92 Å². The Morgan fingerprint density at radius 1 is 1.23 bits per heavy atom. The Balaban J connectivity index is 1.55. The van der Waals surface area contributed by atoms with Gasteiger partial charge in [-0.2, -0.15) is 0 Å². The summed E-state index contributed by atoms with van der Waals surface area (Å²) in [7, 11) is 0. The summed E-state index contributed by atoms with van der Waals surface area (Å²) >= 11 is 3.20. The molecular weight excluding hydrogens is 376 g/mol. The lowest BCUT2D eigenvalue weighted by Gasteiger charge is -2.24. The van der Waals surface area contributed by atoms with Gasteiger partial charge >= 0.3 is 6.09 Å². The number of rotatable bonds is 4. The minimum absolute atomic E-state index is 0.105. The molecule has 0 bridgehead atoms. The molecule has 3 saturated heterocycles. The molecular formula is C16H26N4O4S2. The summed E-state index contributed by atoms with van der Waals surface area (Å²) in [4.78, 5) is 36.6. The first kappa shape index (κ1) is 19.8. The van der Waals surface area contributed by atoms with Gasteiger partial charge in [-0.3, -0.25) is 20.2 Å². The average Bonchev–Trinajstić information content (AvgIpc) is 3.18. The maximum absolute atomic E-state index is 12.7. The number of imide groups is 1. The quantitative estimate of drug-likeness (QED) is 0.541. The molecule has 0 saturated carbocycles. The Bertz CT molecular complexity index is 550. The van der Waals surface area contributed by atoms with E-state index in [9.17, 15) is 14.4 Å². The SMILES string of the molecule is CCOC(=O)NC(=O)C1CC(C)SC1NC(=O)C1NC2NCCCC2S1. The van der Waals surface area contributed by atoms with Gasteiger partial charge in [-0.05, 0) is 32.7 Å². The molecule has 3 aliphatic heterocycles. The highest BCUT2D eigenvalue weighted by atomic mass is 32.2. The van der Waals surface area contributed by atoms with Gasteiger partial charge in [0.1, 0.15) is 5.37 Å². The third kappa shape index (κ3) is 4.65. The minimum Gasteiger partial charge on any atom is -0.450 e. The summed E-state index contributed by atoms with van der Waals surface area (Å²) in [6.45, 7) is 4.87. The van der Waals surface area contributed by atoms with E-state index in [1.54, 1.807) is 30.4 Å². The maximum atomic E-state index is 12.7. The molecule has 3 fully saturated rings. The zero-order valence-electron chi connectivity index (χ0n) is 14.9. The lowest BCUT2D eigenvalue weighted by molar-refractivity contribution is -0.125. The molecule has 6 atom stereocenters. The summed E-state index contributed by atoms with van der Waals surface area (Å²) in [6, 6.07) is 0. The predicted octanol–water partition coefficient (Wildman–Crippen LogP) is 0.584. The maximum Gasteiger partial charge on any atom is 0.413 e. The minimum atomic E-state index is -0.740. The van der Waals surface area contributed by atoms with Crippen LogP contribution in [0.1, 0.15) is 33.1 Å². The molecule has 3 rings (SSSR count). The Labute approximate surface area is 161 Å². The molecule has 4 N–H and O–H groups in total. The van der Waals surface area contributed by atoms with E-state index in [0.29, 0.717) is 11.7 Å². The van der Waals surface area contributed by atoms with E-state index in [-0.39, 0.29) is 34.7 Å². The highest BCUT2D eigenvalue weighted by Gasteiger charge is 2.43. The number of alkyl carbamates (subject to hydrolysis) is 1. The average molecular weight is 403 g/mol. The largest absolute Gasteiger partial charge is 0.450 e. The van der Waals surface area contributed by atoms with Crippen LogP contribution in [0.3, 0.4) is 0 Å². The van der Waals surface area contributed by atoms with Crippen LogP contribution in [0.25, 0.3) is 0 Å². The highest BCUT2D eigenvalue weighted by Crippen LogP contribution is 2.38. The van der Waals surface area contributed by atoms with Crippen molar-refractivity contribution in [3.63, 3.8) is 0 Å². The number of hydrogen-bond donors (Lipinski definition) is 4. The topological polar surface area (TPSA) is 109 Å². The molecule has 8 nitrogen and oxygen atoms in total. The Kier molecular flexibility index (Phi) is 6.70. The molecule has 0 spiro atoms. The first-order valence-electron chi connectivity index (χ1n) is 9.06. The number of thioether (sulfide) groups is 2. The van der Waals surface area contributed by atoms with E-state index >= 15 is 0 Å². The van der Waals surface area contributed by atoms with Crippen LogP contribution in [-0.4, -0.2) is 58.5 Å². The summed E-state index contributed by atoms with van der Waals surface area (Å²) in [5.41, 5.74) is 0. The van der Waals surface area contributed by atoms with Gasteiger partial charge in [0.05, 0.1) is 24.1 Å². The Morgan fingerprint density at radius 2 is 2.04 bits per heavy atom. The fourth-order valence-corrected chi connectivity index (χ4v) is 6.35. The number of carbonyl (C=O) groups is 3. The number of carbonyl (C=O) groups excluding carboxylic acids is 3. The third-order valence-corrected chi connectivity index (χ3v) is 7.61. The zero-order chi connectivity index (χ0) is 18.7. The first-order chi connectivity index (χ1) is 12.5. The van der Waals surface area contributed by atoms with Crippen molar-refractivity contribution in [2.45, 2.75) is 60.5 Å². The Morgan fingerprint density at radius 3 is 2.77 bits per heavy atom. The standard InChI is InChI=1S/C16H26N4O4S2/c1-3-24-16(23)20-12(21)9-7-8(2)25-14(9)19-13(22)15-18-11-10(26-15)5-4-6-17-11/h8-11,14-15,17-18H,3-7H2,1-2H3,(H,19,22)(H,20,21,23). The van der Waals surface area contributed by atoms with Crippen molar-refractivity contribution in [3.05, 3.63) is 0 Å². The smallest absolute Gasteiger partial charge is 0.413 e. The van der Waals surface area contributed by atoms with Crippen molar-refractivity contribution >= 4 is 41.4 Å². The highest BCUT2D eigenvalue weighted by molar-refractivity contribution is 8.01. The molecule has 0 aromatic heterocycles. The van der Waals surface area contributed by atoms with Crippen molar-refractivity contribution in [1.82, 2.24) is 21.3 Å². The number of fused-ring (bicyclic) bond motifs is 1. The number of nitrogens with one attached hydrogen (secondary N) is 4. The molecule has 146 valence electrons. The van der Waals surface area contributed by atoms with Crippen LogP contribution in [-0.2, 0) is 14.3 Å². The van der Waals surface area contributed by atoms with Crippen LogP contribution in [0.2, 0.25) is 0 Å². The monoisotopic (exact) mass is 402 g/mol. The first-order valence-corrected chi connectivity index (χ1v) is 10.9. The van der Waals surface area contributed by atoms with Crippen LogP contribution in [0, 0.1) is 5.92 Å². The molecule has 3 aliphatic rings. The van der Waals surface area contributed by atoms with E-state index in [0.717, 1.165) is 19.4 Å². The molecule has 0 aliphatic carbocycles. The summed E-state index contributed by atoms with van der Waals surface area (Å²) < 4.78 is 4.77. The number of piperidine rings is 1. The molecule has 26 heavy (non-hydrogen) atoms. The summed E-state index contributed by atoms with van der Waals surface area (Å²) in [6.07, 6.45) is 2.26. The fourth-order valence-electron chi connectivity index (χ4n) is 3.52. The molecule has 6 unspecified atom stereocenters.